The molecular weight excluding hydrogens is 234 g/mol. The Labute approximate surface area is 106 Å². The van der Waals surface area contributed by atoms with Gasteiger partial charge >= 0.3 is 0 Å². The summed E-state index contributed by atoms with van der Waals surface area (Å²) < 4.78 is 15.4. The number of ether oxygens (including phenoxy) is 3. The van der Waals surface area contributed by atoms with Crippen LogP contribution in [-0.4, -0.2) is 33.3 Å². The van der Waals surface area contributed by atoms with Crippen LogP contribution in [0.15, 0.2) is 18.2 Å². The van der Waals surface area contributed by atoms with Crippen molar-refractivity contribution in [3.63, 3.8) is 0 Å². The molecule has 1 aliphatic rings. The lowest BCUT2D eigenvalue weighted by molar-refractivity contribution is -0.121. The van der Waals surface area contributed by atoms with E-state index in [1.807, 2.05) is 0 Å². The van der Waals surface area contributed by atoms with E-state index in [0.717, 1.165) is 0 Å². The van der Waals surface area contributed by atoms with Gasteiger partial charge in [-0.1, -0.05) is 0 Å². The van der Waals surface area contributed by atoms with Gasteiger partial charge in [-0.3, -0.25) is 4.79 Å². The topological polar surface area (TPSA) is 56.8 Å². The molecule has 0 aromatic heterocycles. The molecule has 0 aliphatic carbocycles. The summed E-state index contributed by atoms with van der Waals surface area (Å²) in [4.78, 5) is 11.8. The van der Waals surface area contributed by atoms with Crippen LogP contribution in [0.4, 0.5) is 5.69 Å². The maximum atomic E-state index is 11.8. The quantitative estimate of drug-likeness (QED) is 0.865. The largest absolute Gasteiger partial charge is 0.497 e. The minimum Gasteiger partial charge on any atom is -0.497 e. The van der Waals surface area contributed by atoms with Crippen LogP contribution in [0.3, 0.4) is 0 Å². The molecule has 1 aliphatic heterocycles. The van der Waals surface area contributed by atoms with E-state index in [2.05, 4.69) is 5.32 Å². The van der Waals surface area contributed by atoms with Crippen molar-refractivity contribution in [1.82, 2.24) is 0 Å². The zero-order valence-corrected chi connectivity index (χ0v) is 10.6. The first-order chi connectivity index (χ1) is 8.72. The Morgan fingerprint density at radius 2 is 2.17 bits per heavy atom. The summed E-state index contributed by atoms with van der Waals surface area (Å²) in [6, 6.07) is 5.29. The Hall–Kier alpha value is -1.75. The van der Waals surface area contributed by atoms with E-state index in [1.54, 1.807) is 32.4 Å². The molecule has 0 unspecified atom stereocenters. The molecule has 1 fully saturated rings. The number of hydrogen-bond acceptors (Lipinski definition) is 4. The van der Waals surface area contributed by atoms with Crippen molar-refractivity contribution in [2.24, 2.45) is 5.92 Å². The van der Waals surface area contributed by atoms with Gasteiger partial charge in [-0.15, -0.1) is 0 Å². The van der Waals surface area contributed by atoms with E-state index in [4.69, 9.17) is 14.2 Å². The molecule has 0 saturated carbocycles. The molecule has 5 nitrogen and oxygen atoms in total. The van der Waals surface area contributed by atoms with E-state index in [9.17, 15) is 4.79 Å². The number of hydrogen-bond donors (Lipinski definition) is 1. The summed E-state index contributed by atoms with van der Waals surface area (Å²) in [6.07, 6.45) is 0.473. The van der Waals surface area contributed by atoms with Crippen LogP contribution < -0.4 is 14.8 Å². The van der Waals surface area contributed by atoms with Crippen molar-refractivity contribution in [2.45, 2.75) is 6.42 Å². The Balaban J connectivity index is 2.03. The van der Waals surface area contributed by atoms with Gasteiger partial charge in [-0.25, -0.2) is 0 Å². The zero-order valence-electron chi connectivity index (χ0n) is 10.6. The average molecular weight is 251 g/mol. The van der Waals surface area contributed by atoms with Crippen LogP contribution >= 0.6 is 0 Å². The lowest BCUT2D eigenvalue weighted by Crippen LogP contribution is -2.31. The van der Waals surface area contributed by atoms with Gasteiger partial charge in [0.05, 0.1) is 33.1 Å². The smallest absolute Gasteiger partial charge is 0.224 e. The van der Waals surface area contributed by atoms with Gasteiger partial charge in [0.2, 0.25) is 5.91 Å². The summed E-state index contributed by atoms with van der Waals surface area (Å²) in [7, 11) is 3.15. The number of rotatable bonds is 5. The second-order valence-electron chi connectivity index (χ2n) is 4.22. The summed E-state index contributed by atoms with van der Waals surface area (Å²) in [5.41, 5.74) is 0.627. The van der Waals surface area contributed by atoms with Crippen LogP contribution in [0, 0.1) is 5.92 Å². The molecule has 0 atom stereocenters. The predicted octanol–water partition coefficient (Wildman–Crippen LogP) is 1.68. The highest BCUT2D eigenvalue weighted by molar-refractivity contribution is 5.92. The average Bonchev–Trinajstić information content (AvgIpc) is 2.34. The molecule has 1 saturated heterocycles. The lowest BCUT2D eigenvalue weighted by Gasteiger charge is -2.25. The second kappa shape index (κ2) is 5.73. The van der Waals surface area contributed by atoms with Gasteiger partial charge in [0.25, 0.3) is 0 Å². The van der Waals surface area contributed by atoms with E-state index in [1.165, 1.54) is 0 Å². The van der Waals surface area contributed by atoms with Crippen molar-refractivity contribution in [2.75, 3.05) is 32.8 Å². The Morgan fingerprint density at radius 3 is 2.72 bits per heavy atom. The first-order valence-corrected chi connectivity index (χ1v) is 5.82. The summed E-state index contributed by atoms with van der Waals surface area (Å²) in [5.74, 6) is 1.60. The molecule has 2 rings (SSSR count). The van der Waals surface area contributed by atoms with E-state index in [0.29, 0.717) is 42.7 Å². The SMILES string of the molecule is COc1ccc(OC)c(NC(=O)CC2COC2)c1. The summed E-state index contributed by atoms with van der Waals surface area (Å²) >= 11 is 0. The summed E-state index contributed by atoms with van der Waals surface area (Å²) in [5, 5.41) is 2.84. The van der Waals surface area contributed by atoms with Crippen LogP contribution in [0.5, 0.6) is 11.5 Å². The fourth-order valence-electron chi connectivity index (χ4n) is 1.78. The van der Waals surface area contributed by atoms with Crippen LogP contribution in [-0.2, 0) is 9.53 Å². The van der Waals surface area contributed by atoms with Gasteiger partial charge in [0.1, 0.15) is 11.5 Å². The third-order valence-electron chi connectivity index (χ3n) is 2.86. The van der Waals surface area contributed by atoms with Crippen molar-refractivity contribution in [3.8, 4) is 11.5 Å². The Bertz CT molecular complexity index is 429. The third-order valence-corrected chi connectivity index (χ3v) is 2.86. The highest BCUT2D eigenvalue weighted by atomic mass is 16.5. The maximum absolute atomic E-state index is 11.8. The normalized spacial score (nSPS) is 14.8. The molecule has 1 N–H and O–H groups in total. The monoisotopic (exact) mass is 251 g/mol. The highest BCUT2D eigenvalue weighted by Gasteiger charge is 2.22. The molecule has 1 heterocycles. The van der Waals surface area contributed by atoms with Crippen molar-refractivity contribution >= 4 is 11.6 Å². The molecule has 5 heteroatoms. The van der Waals surface area contributed by atoms with E-state index in [-0.39, 0.29) is 5.91 Å². The molecule has 1 aromatic carbocycles. The fraction of sp³-hybridized carbons (Fsp3) is 0.462. The fourth-order valence-corrected chi connectivity index (χ4v) is 1.78. The molecule has 0 bridgehead atoms. The lowest BCUT2D eigenvalue weighted by atomic mass is 10.0. The number of nitrogens with one attached hydrogen (secondary N) is 1. The molecule has 0 spiro atoms. The minimum atomic E-state index is -0.0325. The van der Waals surface area contributed by atoms with Crippen LogP contribution in [0.1, 0.15) is 6.42 Å². The molecule has 0 radical (unpaired) electrons. The standard InChI is InChI=1S/C13H17NO4/c1-16-10-3-4-12(17-2)11(6-10)14-13(15)5-9-7-18-8-9/h3-4,6,9H,5,7-8H2,1-2H3,(H,14,15). The maximum Gasteiger partial charge on any atom is 0.224 e. The van der Waals surface area contributed by atoms with Gasteiger partial charge < -0.3 is 19.5 Å². The van der Waals surface area contributed by atoms with Crippen molar-refractivity contribution < 1.29 is 19.0 Å². The van der Waals surface area contributed by atoms with Crippen LogP contribution in [0.25, 0.3) is 0 Å². The molecule has 1 aromatic rings. The summed E-state index contributed by atoms with van der Waals surface area (Å²) in [6.45, 7) is 1.34. The molecule has 18 heavy (non-hydrogen) atoms. The number of benzene rings is 1. The zero-order chi connectivity index (χ0) is 13.0. The Kier molecular flexibility index (Phi) is 4.04. The van der Waals surface area contributed by atoms with Gasteiger partial charge in [0, 0.05) is 18.4 Å². The van der Waals surface area contributed by atoms with Gasteiger partial charge in [0.15, 0.2) is 0 Å². The molecule has 98 valence electrons. The molecule has 1 amide bonds. The van der Waals surface area contributed by atoms with Crippen molar-refractivity contribution in [3.05, 3.63) is 18.2 Å². The van der Waals surface area contributed by atoms with Gasteiger partial charge in [-0.05, 0) is 12.1 Å². The van der Waals surface area contributed by atoms with Crippen molar-refractivity contribution in [1.29, 1.82) is 0 Å². The number of carbonyl (C=O) groups is 1. The second-order valence-corrected chi connectivity index (χ2v) is 4.22. The Morgan fingerprint density at radius 1 is 1.39 bits per heavy atom. The number of methoxy groups -OCH3 is 2. The first-order valence-electron chi connectivity index (χ1n) is 5.82. The van der Waals surface area contributed by atoms with E-state index < -0.39 is 0 Å². The molecular formula is C13H17NO4. The first kappa shape index (κ1) is 12.7. The highest BCUT2D eigenvalue weighted by Crippen LogP contribution is 2.29. The predicted molar refractivity (Wildman–Crippen MR) is 67.1 cm³/mol. The number of amides is 1. The third kappa shape index (κ3) is 2.92. The van der Waals surface area contributed by atoms with Crippen LogP contribution in [0.2, 0.25) is 0 Å². The number of anilines is 1. The van der Waals surface area contributed by atoms with E-state index >= 15 is 0 Å². The van der Waals surface area contributed by atoms with Gasteiger partial charge in [-0.2, -0.15) is 0 Å². The minimum absolute atomic E-state index is 0.0325. The number of carbonyl (C=O) groups excluding carboxylic acids is 1.